The molecule has 0 fully saturated rings. The van der Waals surface area contributed by atoms with Crippen molar-refractivity contribution in [1.82, 2.24) is 20.6 Å². The van der Waals surface area contributed by atoms with Crippen LogP contribution in [0.2, 0.25) is 0 Å². The first-order valence-electron chi connectivity index (χ1n) is 6.49. The molecule has 3 N–H and O–H groups in total. The third kappa shape index (κ3) is 4.83. The fourth-order valence-electron chi connectivity index (χ4n) is 1.65. The van der Waals surface area contributed by atoms with Crippen molar-refractivity contribution in [1.29, 1.82) is 0 Å². The van der Waals surface area contributed by atoms with E-state index in [1.807, 2.05) is 6.92 Å². The van der Waals surface area contributed by atoms with Crippen LogP contribution in [0.4, 0.5) is 4.79 Å². The summed E-state index contributed by atoms with van der Waals surface area (Å²) in [6.45, 7) is 5.64. The molecular weight excluding hydrogens is 260 g/mol. The molecule has 1 heterocycles. The van der Waals surface area contributed by atoms with Gasteiger partial charge in [-0.25, -0.2) is 19.6 Å². The Bertz CT molecular complexity index is 478. The SMILES string of the molecule is CCC(C)C(NC(=O)NCc1ccnc(C)n1)C(=O)O. The highest BCUT2D eigenvalue weighted by molar-refractivity contribution is 5.82. The number of amides is 2. The Hall–Kier alpha value is -2.18. The summed E-state index contributed by atoms with van der Waals surface area (Å²) in [6.07, 6.45) is 2.28. The number of carbonyl (C=O) groups excluding carboxylic acids is 1. The molecule has 0 aliphatic carbocycles. The first kappa shape index (κ1) is 15.9. The quantitative estimate of drug-likeness (QED) is 0.723. The zero-order valence-corrected chi connectivity index (χ0v) is 11.9. The average Bonchev–Trinajstić information content (AvgIpc) is 2.41. The number of nitrogens with zero attached hydrogens (tertiary/aromatic N) is 2. The Morgan fingerprint density at radius 3 is 2.70 bits per heavy atom. The number of aliphatic carboxylic acids is 1. The van der Waals surface area contributed by atoms with E-state index in [2.05, 4.69) is 20.6 Å². The van der Waals surface area contributed by atoms with Crippen molar-refractivity contribution < 1.29 is 14.7 Å². The summed E-state index contributed by atoms with van der Waals surface area (Å²) in [4.78, 5) is 30.9. The molecule has 110 valence electrons. The average molecular weight is 280 g/mol. The first-order valence-corrected chi connectivity index (χ1v) is 6.49. The second-order valence-electron chi connectivity index (χ2n) is 4.62. The smallest absolute Gasteiger partial charge is 0.326 e. The second kappa shape index (κ2) is 7.42. The van der Waals surface area contributed by atoms with Crippen molar-refractivity contribution in [3.05, 3.63) is 23.8 Å². The predicted molar refractivity (Wildman–Crippen MR) is 73.0 cm³/mol. The van der Waals surface area contributed by atoms with Crippen molar-refractivity contribution in [3.63, 3.8) is 0 Å². The zero-order chi connectivity index (χ0) is 15.1. The minimum atomic E-state index is -1.03. The van der Waals surface area contributed by atoms with Gasteiger partial charge in [-0.2, -0.15) is 0 Å². The number of carboxylic acid groups (broad SMARTS) is 1. The van der Waals surface area contributed by atoms with Crippen molar-refractivity contribution in [2.45, 2.75) is 39.8 Å². The van der Waals surface area contributed by atoms with Gasteiger partial charge < -0.3 is 15.7 Å². The van der Waals surface area contributed by atoms with E-state index < -0.39 is 18.0 Å². The van der Waals surface area contributed by atoms with Crippen LogP contribution in [0.5, 0.6) is 0 Å². The monoisotopic (exact) mass is 280 g/mol. The van der Waals surface area contributed by atoms with Gasteiger partial charge >= 0.3 is 12.0 Å². The van der Waals surface area contributed by atoms with Gasteiger partial charge in [0.1, 0.15) is 11.9 Å². The summed E-state index contributed by atoms with van der Waals surface area (Å²) in [5, 5.41) is 14.1. The second-order valence-corrected chi connectivity index (χ2v) is 4.62. The number of aryl methyl sites for hydroxylation is 1. The molecule has 0 spiro atoms. The van der Waals surface area contributed by atoms with Crippen LogP contribution in [0.1, 0.15) is 31.8 Å². The van der Waals surface area contributed by atoms with E-state index in [9.17, 15) is 9.59 Å². The molecule has 2 atom stereocenters. The summed E-state index contributed by atoms with van der Waals surface area (Å²) < 4.78 is 0. The lowest BCUT2D eigenvalue weighted by molar-refractivity contribution is -0.140. The van der Waals surface area contributed by atoms with Gasteiger partial charge in [0.05, 0.1) is 12.2 Å². The third-order valence-electron chi connectivity index (χ3n) is 3.03. The Kier molecular flexibility index (Phi) is 5.89. The summed E-state index contributed by atoms with van der Waals surface area (Å²) in [5.41, 5.74) is 0.670. The van der Waals surface area contributed by atoms with Crippen molar-refractivity contribution >= 4 is 12.0 Å². The molecule has 0 bridgehead atoms. The lowest BCUT2D eigenvalue weighted by Crippen LogP contribution is -2.48. The molecule has 0 aliphatic heterocycles. The molecule has 7 heteroatoms. The first-order chi connectivity index (χ1) is 9.43. The van der Waals surface area contributed by atoms with Crippen LogP contribution in [0.3, 0.4) is 0 Å². The van der Waals surface area contributed by atoms with E-state index in [4.69, 9.17) is 5.11 Å². The molecule has 20 heavy (non-hydrogen) atoms. The van der Waals surface area contributed by atoms with E-state index >= 15 is 0 Å². The molecule has 0 aromatic carbocycles. The van der Waals surface area contributed by atoms with Crippen LogP contribution in [0, 0.1) is 12.8 Å². The Labute approximate surface area is 117 Å². The maximum atomic E-state index is 11.7. The van der Waals surface area contributed by atoms with Gasteiger partial charge in [0.2, 0.25) is 0 Å². The molecule has 0 aliphatic rings. The molecule has 1 aromatic rings. The Morgan fingerprint density at radius 1 is 1.45 bits per heavy atom. The number of urea groups is 1. The normalized spacial score (nSPS) is 13.3. The number of hydrogen-bond donors (Lipinski definition) is 3. The van der Waals surface area contributed by atoms with Crippen LogP contribution < -0.4 is 10.6 Å². The number of carbonyl (C=O) groups is 2. The summed E-state index contributed by atoms with van der Waals surface area (Å²) >= 11 is 0. The molecule has 1 aromatic heterocycles. The molecule has 0 saturated heterocycles. The molecule has 1 rings (SSSR count). The van der Waals surface area contributed by atoms with E-state index in [1.165, 1.54) is 0 Å². The molecule has 0 radical (unpaired) electrons. The zero-order valence-electron chi connectivity index (χ0n) is 11.9. The van der Waals surface area contributed by atoms with Gasteiger partial charge in [0, 0.05) is 6.20 Å². The number of carboxylic acids is 1. The van der Waals surface area contributed by atoms with Crippen LogP contribution in [0.25, 0.3) is 0 Å². The maximum absolute atomic E-state index is 11.7. The predicted octanol–water partition coefficient (Wildman–Crippen LogP) is 1.08. The van der Waals surface area contributed by atoms with Crippen LogP contribution >= 0.6 is 0 Å². The van der Waals surface area contributed by atoms with Crippen molar-refractivity contribution in [3.8, 4) is 0 Å². The van der Waals surface area contributed by atoms with Gasteiger partial charge in [-0.15, -0.1) is 0 Å². The van der Waals surface area contributed by atoms with Gasteiger partial charge in [0.15, 0.2) is 0 Å². The lowest BCUT2D eigenvalue weighted by Gasteiger charge is -2.20. The highest BCUT2D eigenvalue weighted by Crippen LogP contribution is 2.07. The summed E-state index contributed by atoms with van der Waals surface area (Å²) in [7, 11) is 0. The van der Waals surface area contributed by atoms with E-state index in [-0.39, 0.29) is 12.5 Å². The topological polar surface area (TPSA) is 104 Å². The number of nitrogens with one attached hydrogen (secondary N) is 2. The highest BCUT2D eigenvalue weighted by atomic mass is 16.4. The van der Waals surface area contributed by atoms with Crippen molar-refractivity contribution in [2.24, 2.45) is 5.92 Å². The van der Waals surface area contributed by atoms with Crippen LogP contribution in [0.15, 0.2) is 12.3 Å². The fraction of sp³-hybridized carbons (Fsp3) is 0.538. The van der Waals surface area contributed by atoms with Gasteiger partial charge in [-0.3, -0.25) is 0 Å². The van der Waals surface area contributed by atoms with E-state index in [0.29, 0.717) is 17.9 Å². The molecule has 0 saturated carbocycles. The van der Waals surface area contributed by atoms with Gasteiger partial charge in [0.25, 0.3) is 0 Å². The standard InChI is InChI=1S/C13H20N4O3/c1-4-8(2)11(12(18)19)17-13(20)15-7-10-5-6-14-9(3)16-10/h5-6,8,11H,4,7H2,1-3H3,(H,18,19)(H2,15,17,20). The summed E-state index contributed by atoms with van der Waals surface area (Å²) in [6, 6.07) is 0.275. The Balaban J connectivity index is 2.52. The minimum absolute atomic E-state index is 0.139. The van der Waals surface area contributed by atoms with Gasteiger partial charge in [-0.1, -0.05) is 20.3 Å². The van der Waals surface area contributed by atoms with Gasteiger partial charge in [-0.05, 0) is 18.9 Å². The molecular formula is C13H20N4O3. The maximum Gasteiger partial charge on any atom is 0.326 e. The highest BCUT2D eigenvalue weighted by Gasteiger charge is 2.25. The molecule has 2 amide bonds. The lowest BCUT2D eigenvalue weighted by atomic mass is 9.99. The Morgan fingerprint density at radius 2 is 2.15 bits per heavy atom. The van der Waals surface area contributed by atoms with Crippen LogP contribution in [-0.4, -0.2) is 33.1 Å². The number of aromatic nitrogens is 2. The largest absolute Gasteiger partial charge is 0.480 e. The number of hydrogen-bond acceptors (Lipinski definition) is 4. The fourth-order valence-corrected chi connectivity index (χ4v) is 1.65. The van der Waals surface area contributed by atoms with E-state index in [0.717, 1.165) is 0 Å². The molecule has 7 nitrogen and oxygen atoms in total. The molecule has 2 unspecified atom stereocenters. The summed E-state index contributed by atoms with van der Waals surface area (Å²) in [5.74, 6) is -0.556. The van der Waals surface area contributed by atoms with E-state index in [1.54, 1.807) is 26.1 Å². The third-order valence-corrected chi connectivity index (χ3v) is 3.03. The van der Waals surface area contributed by atoms with Crippen LogP contribution in [-0.2, 0) is 11.3 Å². The number of rotatable bonds is 6. The minimum Gasteiger partial charge on any atom is -0.480 e. The van der Waals surface area contributed by atoms with Crippen molar-refractivity contribution in [2.75, 3.05) is 0 Å².